The van der Waals surface area contributed by atoms with Crippen LogP contribution in [-0.4, -0.2) is 16.6 Å². The first kappa shape index (κ1) is 19.1. The predicted molar refractivity (Wildman–Crippen MR) is 111 cm³/mol. The lowest BCUT2D eigenvalue weighted by Crippen LogP contribution is -2.19. The molecule has 3 aromatic rings. The maximum Gasteiger partial charge on any atom is 0.271 e. The molecule has 27 heavy (non-hydrogen) atoms. The van der Waals surface area contributed by atoms with E-state index in [2.05, 4.69) is 15.5 Å². The number of hydrazone groups is 1. The summed E-state index contributed by atoms with van der Waals surface area (Å²) in [6.45, 7) is 1.83. The molecule has 3 rings (SSSR count). The van der Waals surface area contributed by atoms with E-state index in [0.717, 1.165) is 26.8 Å². The van der Waals surface area contributed by atoms with Crippen LogP contribution in [0.2, 0.25) is 5.02 Å². The highest BCUT2D eigenvalue weighted by atomic mass is 35.5. The Hall–Kier alpha value is -2.63. The van der Waals surface area contributed by atoms with Crippen LogP contribution in [0.4, 0.5) is 0 Å². The van der Waals surface area contributed by atoms with Gasteiger partial charge in [0.05, 0.1) is 5.71 Å². The molecular formula is C21H18ClN3OS. The van der Waals surface area contributed by atoms with Crippen molar-refractivity contribution in [2.75, 3.05) is 0 Å². The van der Waals surface area contributed by atoms with Crippen molar-refractivity contribution >= 4 is 35.0 Å². The average Bonchev–Trinajstić information content (AvgIpc) is 2.72. The second-order valence-electron chi connectivity index (χ2n) is 5.82. The molecule has 6 heteroatoms. The largest absolute Gasteiger partial charge is 0.271 e. The van der Waals surface area contributed by atoms with Gasteiger partial charge < -0.3 is 0 Å². The molecule has 1 aromatic heterocycles. The third-order valence-corrected chi connectivity index (χ3v) is 5.17. The number of carbonyl (C=O) groups excluding carboxylic acids is 1. The van der Waals surface area contributed by atoms with E-state index >= 15 is 0 Å². The molecule has 136 valence electrons. The van der Waals surface area contributed by atoms with Crippen LogP contribution in [0.1, 0.15) is 28.4 Å². The fraction of sp³-hybridized carbons (Fsp3) is 0.0952. The number of hydrogen-bond donors (Lipinski definition) is 1. The Kier molecular flexibility index (Phi) is 6.63. The Morgan fingerprint density at radius 3 is 2.48 bits per heavy atom. The van der Waals surface area contributed by atoms with Gasteiger partial charge in [-0.15, -0.1) is 11.8 Å². The number of nitrogens with one attached hydrogen (secondary N) is 1. The highest BCUT2D eigenvalue weighted by Gasteiger charge is 2.05. The number of halogens is 1. The summed E-state index contributed by atoms with van der Waals surface area (Å²) in [6.07, 6.45) is 3.40. The maximum absolute atomic E-state index is 12.3. The molecule has 0 aliphatic heterocycles. The van der Waals surface area contributed by atoms with Crippen LogP contribution in [0.15, 0.2) is 83.1 Å². The smallest absolute Gasteiger partial charge is 0.267 e. The molecule has 0 atom stereocenters. The molecule has 0 radical (unpaired) electrons. The fourth-order valence-corrected chi connectivity index (χ4v) is 3.27. The van der Waals surface area contributed by atoms with Crippen molar-refractivity contribution in [2.24, 2.45) is 5.10 Å². The van der Waals surface area contributed by atoms with Crippen LogP contribution in [0, 0.1) is 0 Å². The van der Waals surface area contributed by atoms with Crippen LogP contribution in [-0.2, 0) is 5.75 Å². The number of hydrogen-bond acceptors (Lipinski definition) is 4. The van der Waals surface area contributed by atoms with Crippen LogP contribution in [0.5, 0.6) is 0 Å². The number of pyridine rings is 1. The summed E-state index contributed by atoms with van der Waals surface area (Å²) in [6, 6.07) is 19.0. The summed E-state index contributed by atoms with van der Waals surface area (Å²) in [5.41, 5.74) is 5.86. The SMILES string of the molecule is C/C(=N/NC(=O)c1ccc(CSc2ccc(Cl)cc2)cc1)c1cccnc1. The minimum Gasteiger partial charge on any atom is -0.267 e. The van der Waals surface area contributed by atoms with Gasteiger partial charge in [-0.05, 0) is 55.0 Å². The van der Waals surface area contributed by atoms with E-state index < -0.39 is 0 Å². The zero-order valence-electron chi connectivity index (χ0n) is 14.7. The van der Waals surface area contributed by atoms with Gasteiger partial charge in [0, 0.05) is 39.2 Å². The Morgan fingerprint density at radius 1 is 1.07 bits per heavy atom. The summed E-state index contributed by atoms with van der Waals surface area (Å²) in [5.74, 6) is 0.581. The summed E-state index contributed by atoms with van der Waals surface area (Å²) in [7, 11) is 0. The van der Waals surface area contributed by atoms with Gasteiger partial charge in [0.2, 0.25) is 0 Å². The first-order chi connectivity index (χ1) is 13.1. The lowest BCUT2D eigenvalue weighted by Gasteiger charge is -2.05. The summed E-state index contributed by atoms with van der Waals surface area (Å²) in [4.78, 5) is 17.4. The van der Waals surface area contributed by atoms with Crippen molar-refractivity contribution in [3.8, 4) is 0 Å². The topological polar surface area (TPSA) is 54.4 Å². The zero-order valence-corrected chi connectivity index (χ0v) is 16.3. The molecule has 0 unspecified atom stereocenters. The molecule has 0 saturated carbocycles. The summed E-state index contributed by atoms with van der Waals surface area (Å²) < 4.78 is 0. The van der Waals surface area contributed by atoms with Crippen molar-refractivity contribution in [1.82, 2.24) is 10.4 Å². The van der Waals surface area contributed by atoms with Gasteiger partial charge in [-0.1, -0.05) is 29.8 Å². The van der Waals surface area contributed by atoms with Gasteiger partial charge in [0.15, 0.2) is 0 Å². The van der Waals surface area contributed by atoms with Crippen LogP contribution in [0.25, 0.3) is 0 Å². The van der Waals surface area contributed by atoms with Gasteiger partial charge in [-0.25, -0.2) is 5.43 Å². The molecule has 0 bridgehead atoms. The van der Waals surface area contributed by atoms with Crippen molar-refractivity contribution in [3.63, 3.8) is 0 Å². The molecule has 1 N–H and O–H groups in total. The van der Waals surface area contributed by atoms with Gasteiger partial charge in [0.1, 0.15) is 0 Å². The third-order valence-electron chi connectivity index (χ3n) is 3.84. The number of nitrogens with zero attached hydrogens (tertiary/aromatic N) is 2. The zero-order chi connectivity index (χ0) is 19.1. The van der Waals surface area contributed by atoms with E-state index in [0.29, 0.717) is 11.3 Å². The standard InChI is InChI=1S/C21H18ClN3OS/c1-15(18-3-2-12-23-13-18)24-25-21(26)17-6-4-16(5-7-17)14-27-20-10-8-19(22)9-11-20/h2-13H,14H2,1H3,(H,25,26)/b24-15-. The molecule has 0 aliphatic carbocycles. The number of benzene rings is 2. The Labute approximate surface area is 167 Å². The number of carbonyl (C=O) groups is 1. The molecule has 0 spiro atoms. The molecule has 1 heterocycles. The van der Waals surface area contributed by atoms with E-state index in [9.17, 15) is 4.79 Å². The van der Waals surface area contributed by atoms with Crippen LogP contribution >= 0.6 is 23.4 Å². The first-order valence-corrected chi connectivity index (χ1v) is 9.70. The van der Waals surface area contributed by atoms with E-state index in [1.54, 1.807) is 24.2 Å². The highest BCUT2D eigenvalue weighted by molar-refractivity contribution is 7.98. The molecule has 0 saturated heterocycles. The van der Waals surface area contributed by atoms with Crippen LogP contribution < -0.4 is 5.43 Å². The molecule has 2 aromatic carbocycles. The van der Waals surface area contributed by atoms with E-state index in [1.807, 2.05) is 67.6 Å². The summed E-state index contributed by atoms with van der Waals surface area (Å²) in [5, 5.41) is 4.87. The van der Waals surface area contributed by atoms with Crippen molar-refractivity contribution in [3.05, 3.63) is 94.8 Å². The predicted octanol–water partition coefficient (Wildman–Crippen LogP) is 5.18. The van der Waals surface area contributed by atoms with Crippen molar-refractivity contribution in [1.29, 1.82) is 0 Å². The second kappa shape index (κ2) is 9.35. The average molecular weight is 396 g/mol. The normalized spacial score (nSPS) is 11.3. The number of aromatic nitrogens is 1. The van der Waals surface area contributed by atoms with E-state index in [4.69, 9.17) is 11.6 Å². The lowest BCUT2D eigenvalue weighted by atomic mass is 10.1. The van der Waals surface area contributed by atoms with E-state index in [-0.39, 0.29) is 5.91 Å². The minimum absolute atomic E-state index is 0.241. The third kappa shape index (κ3) is 5.67. The minimum atomic E-state index is -0.241. The van der Waals surface area contributed by atoms with Crippen molar-refractivity contribution in [2.45, 2.75) is 17.6 Å². The molecule has 0 fully saturated rings. The fourth-order valence-electron chi connectivity index (χ4n) is 2.29. The second-order valence-corrected chi connectivity index (χ2v) is 7.30. The molecule has 4 nitrogen and oxygen atoms in total. The Morgan fingerprint density at radius 2 is 1.81 bits per heavy atom. The number of amides is 1. The Balaban J connectivity index is 1.56. The quantitative estimate of drug-likeness (QED) is 0.355. The monoisotopic (exact) mass is 395 g/mol. The summed E-state index contributed by atoms with van der Waals surface area (Å²) >= 11 is 7.62. The van der Waals surface area contributed by atoms with Gasteiger partial charge in [0.25, 0.3) is 5.91 Å². The maximum atomic E-state index is 12.3. The highest BCUT2D eigenvalue weighted by Crippen LogP contribution is 2.24. The van der Waals surface area contributed by atoms with Crippen LogP contribution in [0.3, 0.4) is 0 Å². The van der Waals surface area contributed by atoms with Gasteiger partial charge in [-0.3, -0.25) is 9.78 Å². The number of rotatable bonds is 6. The van der Waals surface area contributed by atoms with Gasteiger partial charge >= 0.3 is 0 Å². The Bertz CT molecular complexity index is 926. The molecule has 0 aliphatic rings. The first-order valence-electron chi connectivity index (χ1n) is 8.34. The van der Waals surface area contributed by atoms with E-state index in [1.165, 1.54) is 0 Å². The molecule has 1 amide bonds. The number of thioether (sulfide) groups is 1. The molecular weight excluding hydrogens is 378 g/mol. The van der Waals surface area contributed by atoms with Crippen molar-refractivity contribution < 1.29 is 4.79 Å². The lowest BCUT2D eigenvalue weighted by molar-refractivity contribution is 0.0955. The van der Waals surface area contributed by atoms with Gasteiger partial charge in [-0.2, -0.15) is 5.10 Å².